The monoisotopic (exact) mass is 457 g/mol. The maximum atomic E-state index is 13.3. The van der Waals surface area contributed by atoms with Crippen LogP contribution in [0.25, 0.3) is 0 Å². The summed E-state index contributed by atoms with van der Waals surface area (Å²) >= 11 is 5.83. The number of ether oxygens (including phenoxy) is 2. The molecule has 0 radical (unpaired) electrons. The van der Waals surface area contributed by atoms with Crippen molar-refractivity contribution in [3.63, 3.8) is 0 Å². The number of hydrogen-bond donors (Lipinski definition) is 0. The highest BCUT2D eigenvalue weighted by molar-refractivity contribution is 6.31. The molecular formula is C22H23ClF3NO4. The molecule has 1 amide bonds. The fourth-order valence-electron chi connectivity index (χ4n) is 2.58. The Morgan fingerprint density at radius 2 is 1.65 bits per heavy atom. The second kappa shape index (κ2) is 9.18. The van der Waals surface area contributed by atoms with Crippen LogP contribution in [0.3, 0.4) is 0 Å². The number of amides is 1. The smallest absolute Gasteiger partial charge is 0.417 e. The molecule has 0 aliphatic rings. The number of carbonyl (C=O) groups excluding carboxylic acids is 2. The first-order chi connectivity index (χ1) is 14.2. The van der Waals surface area contributed by atoms with E-state index < -0.39 is 28.3 Å². The quantitative estimate of drug-likeness (QED) is 0.526. The minimum atomic E-state index is -4.73. The second-order valence-electron chi connectivity index (χ2n) is 7.85. The number of alkyl halides is 3. The number of nitrogens with zero attached hydrogens (tertiary/aromatic N) is 1. The predicted octanol–water partition coefficient (Wildman–Crippen LogP) is 5.88. The molecule has 0 bridgehead atoms. The van der Waals surface area contributed by atoms with Crippen molar-refractivity contribution >= 4 is 29.2 Å². The largest absolute Gasteiger partial charge is 0.489 e. The predicted molar refractivity (Wildman–Crippen MR) is 111 cm³/mol. The average Bonchev–Trinajstić information content (AvgIpc) is 2.63. The van der Waals surface area contributed by atoms with Crippen molar-refractivity contribution in [2.75, 3.05) is 11.9 Å². The first kappa shape index (κ1) is 24.5. The first-order valence-electron chi connectivity index (χ1n) is 9.29. The number of carbonyl (C=O) groups is 2. The first-order valence-corrected chi connectivity index (χ1v) is 9.67. The van der Waals surface area contributed by atoms with Crippen LogP contribution in [0.2, 0.25) is 5.02 Å². The van der Waals surface area contributed by atoms with Crippen molar-refractivity contribution in [3.05, 3.63) is 58.1 Å². The Morgan fingerprint density at radius 1 is 1.06 bits per heavy atom. The van der Waals surface area contributed by atoms with Gasteiger partial charge in [-0.25, -0.2) is 4.79 Å². The van der Waals surface area contributed by atoms with E-state index >= 15 is 0 Å². The SMILES string of the molecule is CC(=O)N(C)c1ccc(OCc2cc(Cl)c(C(F)(F)F)cc2C(=O)OC(C)(C)C)cc1. The zero-order valence-electron chi connectivity index (χ0n) is 17.8. The molecule has 0 aliphatic heterocycles. The third-order valence-corrected chi connectivity index (χ3v) is 4.52. The van der Waals surface area contributed by atoms with Gasteiger partial charge in [-0.3, -0.25) is 4.79 Å². The molecule has 2 aromatic carbocycles. The summed E-state index contributed by atoms with van der Waals surface area (Å²) in [4.78, 5) is 25.4. The minimum absolute atomic E-state index is 0.143. The number of halogens is 4. The maximum Gasteiger partial charge on any atom is 0.417 e. The molecule has 168 valence electrons. The second-order valence-corrected chi connectivity index (χ2v) is 8.26. The minimum Gasteiger partial charge on any atom is -0.489 e. The number of hydrogen-bond acceptors (Lipinski definition) is 4. The van der Waals surface area contributed by atoms with E-state index in [2.05, 4.69) is 0 Å². The lowest BCUT2D eigenvalue weighted by atomic mass is 10.0. The lowest BCUT2D eigenvalue weighted by Gasteiger charge is -2.22. The fourth-order valence-corrected chi connectivity index (χ4v) is 2.88. The molecule has 0 heterocycles. The van der Waals surface area contributed by atoms with Crippen LogP contribution in [0.1, 0.15) is 49.2 Å². The zero-order chi connectivity index (χ0) is 23.6. The molecule has 2 aromatic rings. The van der Waals surface area contributed by atoms with Crippen molar-refractivity contribution in [2.45, 2.75) is 46.1 Å². The van der Waals surface area contributed by atoms with Gasteiger partial charge in [-0.1, -0.05) is 11.6 Å². The van der Waals surface area contributed by atoms with E-state index in [0.717, 1.165) is 6.07 Å². The molecule has 31 heavy (non-hydrogen) atoms. The van der Waals surface area contributed by atoms with Crippen LogP contribution in [0.5, 0.6) is 5.75 Å². The van der Waals surface area contributed by atoms with E-state index in [-0.39, 0.29) is 23.6 Å². The summed E-state index contributed by atoms with van der Waals surface area (Å²) in [5.74, 6) is -0.659. The zero-order valence-corrected chi connectivity index (χ0v) is 18.5. The van der Waals surface area contributed by atoms with Gasteiger partial charge in [0.05, 0.1) is 16.1 Å². The molecule has 0 saturated carbocycles. The fraction of sp³-hybridized carbons (Fsp3) is 0.364. The summed E-state index contributed by atoms with van der Waals surface area (Å²) < 4.78 is 50.7. The van der Waals surface area contributed by atoms with Crippen molar-refractivity contribution in [1.29, 1.82) is 0 Å². The Kier molecular flexibility index (Phi) is 7.26. The summed E-state index contributed by atoms with van der Waals surface area (Å²) in [6, 6.07) is 8.26. The molecule has 2 rings (SSSR count). The van der Waals surface area contributed by atoms with Gasteiger partial charge in [0, 0.05) is 25.2 Å². The Morgan fingerprint density at radius 3 is 2.13 bits per heavy atom. The van der Waals surface area contributed by atoms with E-state index in [9.17, 15) is 22.8 Å². The number of rotatable bonds is 5. The highest BCUT2D eigenvalue weighted by atomic mass is 35.5. The molecular weight excluding hydrogens is 435 g/mol. The lowest BCUT2D eigenvalue weighted by molar-refractivity contribution is -0.137. The molecule has 0 aliphatic carbocycles. The normalized spacial score (nSPS) is 11.8. The third kappa shape index (κ3) is 6.62. The molecule has 0 saturated heterocycles. The van der Waals surface area contributed by atoms with Gasteiger partial charge in [0.15, 0.2) is 0 Å². The van der Waals surface area contributed by atoms with Crippen LogP contribution >= 0.6 is 11.6 Å². The number of benzene rings is 2. The van der Waals surface area contributed by atoms with Crippen LogP contribution in [-0.2, 0) is 22.3 Å². The molecule has 0 unspecified atom stereocenters. The van der Waals surface area contributed by atoms with Crippen LogP contribution in [0.4, 0.5) is 18.9 Å². The highest BCUT2D eigenvalue weighted by Crippen LogP contribution is 2.37. The summed E-state index contributed by atoms with van der Waals surface area (Å²) in [5.41, 5.74) is -1.51. The summed E-state index contributed by atoms with van der Waals surface area (Å²) in [6.45, 7) is 6.05. The summed E-state index contributed by atoms with van der Waals surface area (Å²) in [6.07, 6.45) is -4.73. The van der Waals surface area contributed by atoms with Crippen molar-refractivity contribution < 1.29 is 32.2 Å². The average molecular weight is 458 g/mol. The van der Waals surface area contributed by atoms with Gasteiger partial charge >= 0.3 is 12.1 Å². The number of anilines is 1. The molecule has 0 atom stereocenters. The van der Waals surface area contributed by atoms with Gasteiger partial charge in [-0.05, 0) is 57.2 Å². The Balaban J connectivity index is 2.33. The lowest BCUT2D eigenvalue weighted by Crippen LogP contribution is -2.25. The third-order valence-electron chi connectivity index (χ3n) is 4.21. The van der Waals surface area contributed by atoms with Crippen LogP contribution < -0.4 is 9.64 Å². The van der Waals surface area contributed by atoms with Gasteiger partial charge in [-0.2, -0.15) is 13.2 Å². The molecule has 0 spiro atoms. The van der Waals surface area contributed by atoms with Crippen LogP contribution in [0.15, 0.2) is 36.4 Å². The standard InChI is InChI=1S/C22H23ClF3NO4/c1-13(28)27(5)15-6-8-16(9-7-15)30-12-14-10-19(23)18(22(24,25)26)11-17(14)20(29)31-21(2,3)4/h6-11H,12H2,1-5H3. The van der Waals surface area contributed by atoms with Crippen LogP contribution in [-0.4, -0.2) is 24.5 Å². The molecule has 9 heteroatoms. The van der Waals surface area contributed by atoms with Crippen LogP contribution in [0, 0.1) is 0 Å². The highest BCUT2D eigenvalue weighted by Gasteiger charge is 2.35. The van der Waals surface area contributed by atoms with Crippen molar-refractivity contribution in [1.82, 2.24) is 0 Å². The topological polar surface area (TPSA) is 55.8 Å². The van der Waals surface area contributed by atoms with Gasteiger partial charge in [0.2, 0.25) is 5.91 Å². The van der Waals surface area contributed by atoms with E-state index in [1.54, 1.807) is 52.1 Å². The molecule has 5 nitrogen and oxygen atoms in total. The van der Waals surface area contributed by atoms with Crippen molar-refractivity contribution in [3.8, 4) is 5.75 Å². The molecule has 0 N–H and O–H groups in total. The van der Waals surface area contributed by atoms with Crippen molar-refractivity contribution in [2.24, 2.45) is 0 Å². The molecule has 0 aromatic heterocycles. The Bertz CT molecular complexity index is 966. The van der Waals surface area contributed by atoms with E-state index in [4.69, 9.17) is 21.1 Å². The van der Waals surface area contributed by atoms with Gasteiger partial charge in [-0.15, -0.1) is 0 Å². The Hall–Kier alpha value is -2.74. The maximum absolute atomic E-state index is 13.3. The summed E-state index contributed by atoms with van der Waals surface area (Å²) in [5, 5.41) is -0.545. The number of esters is 1. The van der Waals surface area contributed by atoms with Gasteiger partial charge in [0.1, 0.15) is 18.0 Å². The molecule has 0 fully saturated rings. The summed E-state index contributed by atoms with van der Waals surface area (Å²) in [7, 11) is 1.62. The van der Waals surface area contributed by atoms with E-state index in [1.807, 2.05) is 0 Å². The van der Waals surface area contributed by atoms with Gasteiger partial charge < -0.3 is 14.4 Å². The Labute approximate surface area is 183 Å². The van der Waals surface area contributed by atoms with Gasteiger partial charge in [0.25, 0.3) is 0 Å². The van der Waals surface area contributed by atoms with E-state index in [1.165, 1.54) is 11.8 Å². The van der Waals surface area contributed by atoms with E-state index in [0.29, 0.717) is 17.5 Å².